The van der Waals surface area contributed by atoms with E-state index in [0.717, 1.165) is 22.2 Å². The minimum absolute atomic E-state index is 0.261. The summed E-state index contributed by atoms with van der Waals surface area (Å²) in [6.45, 7) is 0. The number of H-pyrrole nitrogens is 2. The Balaban J connectivity index is 1.58. The molecule has 0 fully saturated rings. The Morgan fingerprint density at radius 1 is 1.05 bits per heavy atom. The normalized spacial score (nSPS) is 16.9. The summed E-state index contributed by atoms with van der Waals surface area (Å²) < 4.78 is 5.20. The number of rotatable bonds is 4. The zero-order valence-electron chi connectivity index (χ0n) is 20.0. The van der Waals surface area contributed by atoms with Gasteiger partial charge in [-0.25, -0.2) is 4.79 Å². The minimum Gasteiger partial charge on any atom is -0.467 e. The van der Waals surface area contributed by atoms with Crippen LogP contribution in [0.3, 0.4) is 0 Å². The van der Waals surface area contributed by atoms with Crippen molar-refractivity contribution in [1.29, 1.82) is 0 Å². The number of methoxy groups -OCH3 is 1. The Labute approximate surface area is 226 Å². The van der Waals surface area contributed by atoms with E-state index >= 15 is 0 Å². The van der Waals surface area contributed by atoms with Gasteiger partial charge in [-0.05, 0) is 35.0 Å². The van der Waals surface area contributed by atoms with Crippen LogP contribution in [0.5, 0.6) is 0 Å². The molecule has 3 heterocycles. The average molecular weight is 547 g/mol. The number of fused-ring (bicyclic) bond motifs is 3. The zero-order valence-corrected chi connectivity index (χ0v) is 21.5. The number of hydrogen-bond donors (Lipinski definition) is 2. The molecule has 6 rings (SSSR count). The van der Waals surface area contributed by atoms with Crippen molar-refractivity contribution in [2.75, 3.05) is 7.11 Å². The van der Waals surface area contributed by atoms with E-state index in [1.807, 2.05) is 30.3 Å². The van der Waals surface area contributed by atoms with Crippen LogP contribution in [0.2, 0.25) is 10.0 Å². The number of para-hydroxylation sites is 1. The number of ether oxygens (including phenoxy) is 1. The number of nitrogens with one attached hydrogen (secondary N) is 2. The number of tetrazole rings is 1. The maximum Gasteiger partial charge on any atom is 0.328 e. The van der Waals surface area contributed by atoms with Crippen molar-refractivity contribution in [3.8, 4) is 11.4 Å². The second-order valence-electron chi connectivity index (χ2n) is 8.88. The molecule has 0 saturated heterocycles. The largest absolute Gasteiger partial charge is 0.467 e. The summed E-state index contributed by atoms with van der Waals surface area (Å²) in [6.07, 6.45) is 0.261. The van der Waals surface area contributed by atoms with Crippen LogP contribution < -0.4 is 0 Å². The van der Waals surface area contributed by atoms with E-state index in [1.54, 1.807) is 36.4 Å². The van der Waals surface area contributed by atoms with Gasteiger partial charge in [-0.15, -0.1) is 10.2 Å². The summed E-state index contributed by atoms with van der Waals surface area (Å²) in [5.74, 6) is -0.585. The number of aromatic nitrogens is 5. The summed E-state index contributed by atoms with van der Waals surface area (Å²) >= 11 is 13.2. The molecular weight excluding hydrogens is 527 g/mol. The molecule has 190 valence electrons. The molecule has 0 radical (unpaired) electrons. The third kappa shape index (κ3) is 3.91. The summed E-state index contributed by atoms with van der Waals surface area (Å²) in [5, 5.41) is 15.6. The van der Waals surface area contributed by atoms with Crippen LogP contribution in [0.4, 0.5) is 0 Å². The van der Waals surface area contributed by atoms with Crippen molar-refractivity contribution in [1.82, 2.24) is 30.5 Å². The molecule has 3 aromatic carbocycles. The topological polar surface area (TPSA) is 117 Å². The van der Waals surface area contributed by atoms with E-state index in [2.05, 4.69) is 25.6 Å². The predicted molar refractivity (Wildman–Crippen MR) is 142 cm³/mol. The Hall–Kier alpha value is -4.21. The molecule has 2 aromatic heterocycles. The molecule has 1 unspecified atom stereocenters. The number of benzene rings is 3. The van der Waals surface area contributed by atoms with E-state index in [9.17, 15) is 9.59 Å². The molecule has 0 spiro atoms. The molecule has 1 aliphatic heterocycles. The second-order valence-corrected chi connectivity index (χ2v) is 9.67. The van der Waals surface area contributed by atoms with E-state index < -0.39 is 24.0 Å². The van der Waals surface area contributed by atoms with Gasteiger partial charge in [0.15, 0.2) is 0 Å². The van der Waals surface area contributed by atoms with E-state index in [0.29, 0.717) is 32.6 Å². The molecule has 5 aromatic rings. The van der Waals surface area contributed by atoms with Gasteiger partial charge in [0, 0.05) is 39.7 Å². The summed E-state index contributed by atoms with van der Waals surface area (Å²) in [5.41, 5.74) is 4.09. The lowest BCUT2D eigenvalue weighted by Crippen LogP contribution is -2.52. The standard InChI is InChI=1S/C27H20Cl2N6O3/c1-38-27(37)21-13-18-16-8-2-3-11-20(16)30-23(18)24(17-9-5-10-19(28)22(17)29)35(21)26(36)15-7-4-6-14(12-15)25-31-33-34-32-25/h2-12,21,24,30H,13H2,1H3,(H,31,32,33,34)/t21-,24?/m0/s1. The molecule has 38 heavy (non-hydrogen) atoms. The Bertz CT molecular complexity index is 1680. The maximum absolute atomic E-state index is 14.3. The average Bonchev–Trinajstić information content (AvgIpc) is 3.61. The van der Waals surface area contributed by atoms with Crippen LogP contribution in [-0.4, -0.2) is 55.5 Å². The van der Waals surface area contributed by atoms with Crippen LogP contribution in [0.25, 0.3) is 22.3 Å². The Kier molecular flexibility index (Phi) is 6.09. The Morgan fingerprint density at radius 2 is 1.87 bits per heavy atom. The highest BCUT2D eigenvalue weighted by Crippen LogP contribution is 2.45. The molecule has 0 saturated carbocycles. The van der Waals surface area contributed by atoms with Crippen molar-refractivity contribution in [3.63, 3.8) is 0 Å². The molecule has 0 bridgehead atoms. The SMILES string of the molecule is COC(=O)[C@@H]1Cc2c([nH]c3ccccc23)C(c2cccc(Cl)c2Cl)N1C(=O)c1cccc(-c2nn[nH]n2)c1. The lowest BCUT2D eigenvalue weighted by Gasteiger charge is -2.41. The first kappa shape index (κ1) is 24.1. The molecule has 2 atom stereocenters. The number of aromatic amines is 2. The second kappa shape index (κ2) is 9.59. The number of hydrogen-bond acceptors (Lipinski definition) is 6. The molecule has 0 aliphatic carbocycles. The summed E-state index contributed by atoms with van der Waals surface area (Å²) in [7, 11) is 1.31. The summed E-state index contributed by atoms with van der Waals surface area (Å²) in [6, 6.07) is 18.2. The predicted octanol–water partition coefficient (Wildman–Crippen LogP) is 4.98. The lowest BCUT2D eigenvalue weighted by molar-refractivity contribution is -0.147. The highest BCUT2D eigenvalue weighted by Gasteiger charge is 2.45. The monoisotopic (exact) mass is 546 g/mol. The van der Waals surface area contributed by atoms with Gasteiger partial charge in [0.1, 0.15) is 12.1 Å². The molecule has 11 heteroatoms. The smallest absolute Gasteiger partial charge is 0.328 e. The van der Waals surface area contributed by atoms with Gasteiger partial charge in [-0.3, -0.25) is 4.79 Å². The van der Waals surface area contributed by atoms with Crippen LogP contribution >= 0.6 is 23.2 Å². The summed E-state index contributed by atoms with van der Waals surface area (Å²) in [4.78, 5) is 32.6. The molecule has 9 nitrogen and oxygen atoms in total. The van der Waals surface area contributed by atoms with Crippen molar-refractivity contribution in [2.45, 2.75) is 18.5 Å². The van der Waals surface area contributed by atoms with Crippen LogP contribution in [-0.2, 0) is 16.0 Å². The fourth-order valence-corrected chi connectivity index (χ4v) is 5.55. The van der Waals surface area contributed by atoms with E-state index in [4.69, 9.17) is 27.9 Å². The first-order chi connectivity index (χ1) is 18.5. The first-order valence-electron chi connectivity index (χ1n) is 11.8. The zero-order chi connectivity index (χ0) is 26.4. The van der Waals surface area contributed by atoms with Crippen molar-refractivity contribution in [3.05, 3.63) is 99.2 Å². The fraction of sp³-hybridized carbons (Fsp3) is 0.148. The maximum atomic E-state index is 14.3. The number of halogens is 2. The number of nitrogens with zero attached hydrogens (tertiary/aromatic N) is 4. The Morgan fingerprint density at radius 3 is 2.66 bits per heavy atom. The highest BCUT2D eigenvalue weighted by molar-refractivity contribution is 6.42. The fourth-order valence-electron chi connectivity index (χ4n) is 5.14. The van der Waals surface area contributed by atoms with Gasteiger partial charge in [-0.2, -0.15) is 5.21 Å². The van der Waals surface area contributed by atoms with Crippen molar-refractivity contribution >= 4 is 46.0 Å². The number of esters is 1. The number of amides is 1. The first-order valence-corrected chi connectivity index (χ1v) is 12.5. The van der Waals surface area contributed by atoms with Crippen LogP contribution in [0, 0.1) is 0 Å². The van der Waals surface area contributed by atoms with E-state index in [-0.39, 0.29) is 6.42 Å². The quantitative estimate of drug-likeness (QED) is 0.307. The number of carbonyl (C=O) groups is 2. The van der Waals surface area contributed by atoms with Crippen molar-refractivity contribution in [2.24, 2.45) is 0 Å². The third-order valence-electron chi connectivity index (χ3n) is 6.83. The highest BCUT2D eigenvalue weighted by atomic mass is 35.5. The number of carbonyl (C=O) groups excluding carboxylic acids is 2. The van der Waals surface area contributed by atoms with Gasteiger partial charge < -0.3 is 14.6 Å². The van der Waals surface area contributed by atoms with Gasteiger partial charge >= 0.3 is 5.97 Å². The minimum atomic E-state index is -0.923. The van der Waals surface area contributed by atoms with Gasteiger partial charge in [0.05, 0.1) is 17.2 Å². The van der Waals surface area contributed by atoms with Gasteiger partial charge in [0.25, 0.3) is 5.91 Å². The van der Waals surface area contributed by atoms with Crippen molar-refractivity contribution < 1.29 is 14.3 Å². The lowest BCUT2D eigenvalue weighted by atomic mass is 9.87. The van der Waals surface area contributed by atoms with E-state index in [1.165, 1.54) is 12.0 Å². The van der Waals surface area contributed by atoms with Gasteiger partial charge in [0.2, 0.25) is 5.82 Å². The van der Waals surface area contributed by atoms with Gasteiger partial charge in [-0.1, -0.05) is 65.7 Å². The third-order valence-corrected chi connectivity index (χ3v) is 7.66. The van der Waals surface area contributed by atoms with Crippen LogP contribution in [0.1, 0.15) is 33.2 Å². The molecular formula is C27H20Cl2N6O3. The molecule has 1 aliphatic rings. The van der Waals surface area contributed by atoms with Crippen LogP contribution in [0.15, 0.2) is 66.7 Å². The molecule has 1 amide bonds. The molecule has 2 N–H and O–H groups in total.